The van der Waals surface area contributed by atoms with Crippen molar-refractivity contribution in [3.8, 4) is 0 Å². The Balaban J connectivity index is 1.75. The van der Waals surface area contributed by atoms with Gasteiger partial charge in [-0.1, -0.05) is 26.8 Å². The molecule has 0 bridgehead atoms. The van der Waals surface area contributed by atoms with Crippen LogP contribution in [0.5, 0.6) is 0 Å². The number of nitrogens with one attached hydrogen (secondary N) is 1. The standard InChI is InChI=1S/C17H28N4OS/c1-5-6-18-15(22)12-21-9-7-20(8-10-21)11-14-13-23-16(19-14)17(2,3)4/h5,13H,1,6-12H2,2-4H3,(H,18,22). The average Bonchev–Trinajstić information content (AvgIpc) is 2.96. The number of piperazine rings is 1. The van der Waals surface area contributed by atoms with Crippen LogP contribution in [0.2, 0.25) is 0 Å². The summed E-state index contributed by atoms with van der Waals surface area (Å²) in [6.07, 6.45) is 1.70. The number of hydrogen-bond donors (Lipinski definition) is 1. The first-order chi connectivity index (χ1) is 10.9. The van der Waals surface area contributed by atoms with Gasteiger partial charge in [0.05, 0.1) is 17.2 Å². The van der Waals surface area contributed by atoms with Gasteiger partial charge >= 0.3 is 0 Å². The maximum absolute atomic E-state index is 11.7. The van der Waals surface area contributed by atoms with E-state index in [1.807, 2.05) is 0 Å². The van der Waals surface area contributed by atoms with Crippen molar-refractivity contribution in [2.24, 2.45) is 0 Å². The van der Waals surface area contributed by atoms with Crippen molar-refractivity contribution >= 4 is 17.2 Å². The normalized spacial score (nSPS) is 17.2. The second-order valence-corrected chi connectivity index (χ2v) is 7.90. The van der Waals surface area contributed by atoms with Crippen LogP contribution in [0.25, 0.3) is 0 Å². The monoisotopic (exact) mass is 336 g/mol. The molecule has 0 spiro atoms. The summed E-state index contributed by atoms with van der Waals surface area (Å²) in [4.78, 5) is 21.1. The first-order valence-corrected chi connectivity index (χ1v) is 9.03. The maximum atomic E-state index is 11.7. The van der Waals surface area contributed by atoms with Gasteiger partial charge < -0.3 is 5.32 Å². The van der Waals surface area contributed by atoms with Gasteiger partial charge in [0.2, 0.25) is 5.91 Å². The number of rotatable bonds is 6. The number of hydrogen-bond acceptors (Lipinski definition) is 5. The van der Waals surface area contributed by atoms with Gasteiger partial charge in [-0.25, -0.2) is 4.98 Å². The molecule has 0 unspecified atom stereocenters. The lowest BCUT2D eigenvalue weighted by molar-refractivity contribution is -0.122. The summed E-state index contributed by atoms with van der Waals surface area (Å²) < 4.78 is 0. The molecule has 0 saturated carbocycles. The molecule has 2 rings (SSSR count). The van der Waals surface area contributed by atoms with Gasteiger partial charge in [0.25, 0.3) is 0 Å². The van der Waals surface area contributed by atoms with Crippen LogP contribution in [0, 0.1) is 0 Å². The molecule has 1 aliphatic rings. The highest BCUT2D eigenvalue weighted by Crippen LogP contribution is 2.26. The third kappa shape index (κ3) is 5.71. The molecular formula is C17H28N4OS. The molecule has 1 aromatic rings. The van der Waals surface area contributed by atoms with E-state index in [2.05, 4.69) is 47.8 Å². The highest BCUT2D eigenvalue weighted by molar-refractivity contribution is 7.09. The molecule has 1 fully saturated rings. The van der Waals surface area contributed by atoms with Crippen LogP contribution in [0.1, 0.15) is 31.5 Å². The Bertz CT molecular complexity index is 527. The van der Waals surface area contributed by atoms with Gasteiger partial charge in [0.15, 0.2) is 0 Å². The van der Waals surface area contributed by atoms with Crippen LogP contribution < -0.4 is 5.32 Å². The van der Waals surface area contributed by atoms with Crippen molar-refractivity contribution in [3.63, 3.8) is 0 Å². The number of aromatic nitrogens is 1. The Morgan fingerprint density at radius 3 is 2.57 bits per heavy atom. The van der Waals surface area contributed by atoms with Gasteiger partial charge in [-0.05, 0) is 0 Å². The summed E-state index contributed by atoms with van der Waals surface area (Å²) in [5.41, 5.74) is 1.29. The van der Waals surface area contributed by atoms with E-state index in [4.69, 9.17) is 4.98 Å². The zero-order chi connectivity index (χ0) is 16.9. The predicted molar refractivity (Wildman–Crippen MR) is 95.7 cm³/mol. The molecule has 1 amide bonds. The van der Waals surface area contributed by atoms with E-state index < -0.39 is 0 Å². The van der Waals surface area contributed by atoms with Crippen LogP contribution in [0.15, 0.2) is 18.0 Å². The fourth-order valence-corrected chi connectivity index (χ4v) is 3.40. The van der Waals surface area contributed by atoms with E-state index in [0.717, 1.165) is 38.4 Å². The smallest absolute Gasteiger partial charge is 0.234 e. The minimum absolute atomic E-state index is 0.0765. The number of carbonyl (C=O) groups excluding carboxylic acids is 1. The Morgan fingerprint density at radius 2 is 2.00 bits per heavy atom. The van der Waals surface area contributed by atoms with Gasteiger partial charge in [0, 0.05) is 50.1 Å². The molecule has 2 heterocycles. The van der Waals surface area contributed by atoms with E-state index in [1.54, 1.807) is 17.4 Å². The van der Waals surface area contributed by atoms with E-state index in [9.17, 15) is 4.79 Å². The Kier molecular flexibility index (Phi) is 6.33. The van der Waals surface area contributed by atoms with Crippen LogP contribution in [0.4, 0.5) is 0 Å². The second-order valence-electron chi connectivity index (χ2n) is 7.04. The lowest BCUT2D eigenvalue weighted by atomic mass is 9.98. The largest absolute Gasteiger partial charge is 0.352 e. The maximum Gasteiger partial charge on any atom is 0.234 e. The third-order valence-electron chi connectivity index (χ3n) is 3.85. The van der Waals surface area contributed by atoms with Crippen molar-refractivity contribution in [1.82, 2.24) is 20.1 Å². The lowest BCUT2D eigenvalue weighted by Crippen LogP contribution is -2.49. The van der Waals surface area contributed by atoms with E-state index >= 15 is 0 Å². The van der Waals surface area contributed by atoms with Gasteiger partial charge in [-0.2, -0.15) is 0 Å². The minimum atomic E-state index is 0.0765. The van der Waals surface area contributed by atoms with Crippen molar-refractivity contribution < 1.29 is 4.79 Å². The summed E-state index contributed by atoms with van der Waals surface area (Å²) in [5, 5.41) is 6.20. The Labute approximate surface area is 143 Å². The van der Waals surface area contributed by atoms with E-state index in [-0.39, 0.29) is 11.3 Å². The third-order valence-corrected chi connectivity index (χ3v) is 5.17. The summed E-state index contributed by atoms with van der Waals surface area (Å²) in [6, 6.07) is 0. The molecular weight excluding hydrogens is 308 g/mol. The molecule has 1 saturated heterocycles. The summed E-state index contributed by atoms with van der Waals surface area (Å²) in [7, 11) is 0. The second kappa shape index (κ2) is 8.04. The van der Waals surface area contributed by atoms with Crippen LogP contribution >= 0.6 is 11.3 Å². The number of amides is 1. The molecule has 128 valence electrons. The first-order valence-electron chi connectivity index (χ1n) is 8.15. The van der Waals surface area contributed by atoms with Crippen LogP contribution in [0.3, 0.4) is 0 Å². The van der Waals surface area contributed by atoms with Gasteiger partial charge in [-0.15, -0.1) is 17.9 Å². The quantitative estimate of drug-likeness (QED) is 0.806. The van der Waals surface area contributed by atoms with E-state index in [1.165, 1.54) is 5.01 Å². The molecule has 1 aromatic heterocycles. The van der Waals surface area contributed by atoms with E-state index in [0.29, 0.717) is 13.1 Å². The Morgan fingerprint density at radius 1 is 1.35 bits per heavy atom. The number of nitrogens with zero attached hydrogens (tertiary/aromatic N) is 3. The molecule has 0 aliphatic carbocycles. The zero-order valence-electron chi connectivity index (χ0n) is 14.5. The average molecular weight is 337 g/mol. The molecule has 5 nitrogen and oxygen atoms in total. The minimum Gasteiger partial charge on any atom is -0.352 e. The summed E-state index contributed by atoms with van der Waals surface area (Å²) in [6.45, 7) is 16.0. The van der Waals surface area contributed by atoms with Crippen molar-refractivity contribution in [2.45, 2.75) is 32.7 Å². The molecule has 1 aliphatic heterocycles. The first kappa shape index (κ1) is 18.1. The Hall–Kier alpha value is -1.24. The number of thiazole rings is 1. The topological polar surface area (TPSA) is 48.5 Å². The molecule has 1 N–H and O–H groups in total. The SMILES string of the molecule is C=CCNC(=O)CN1CCN(Cc2csc(C(C)(C)C)n2)CC1. The highest BCUT2D eigenvalue weighted by atomic mass is 32.1. The zero-order valence-corrected chi connectivity index (χ0v) is 15.3. The fraction of sp³-hybridized carbons (Fsp3) is 0.647. The predicted octanol–water partition coefficient (Wildman–Crippen LogP) is 1.86. The molecule has 23 heavy (non-hydrogen) atoms. The van der Waals surface area contributed by atoms with Crippen LogP contribution in [-0.2, 0) is 16.8 Å². The molecule has 6 heteroatoms. The van der Waals surface area contributed by atoms with Crippen LogP contribution in [-0.4, -0.2) is 60.0 Å². The molecule has 0 radical (unpaired) electrons. The molecule has 0 atom stereocenters. The van der Waals surface area contributed by atoms with Gasteiger partial charge in [-0.3, -0.25) is 14.6 Å². The van der Waals surface area contributed by atoms with Gasteiger partial charge in [0.1, 0.15) is 0 Å². The lowest BCUT2D eigenvalue weighted by Gasteiger charge is -2.33. The van der Waals surface area contributed by atoms with Crippen molar-refractivity contribution in [2.75, 3.05) is 39.3 Å². The fourth-order valence-electron chi connectivity index (χ4n) is 2.50. The summed E-state index contributed by atoms with van der Waals surface area (Å²) in [5.74, 6) is 0.0765. The summed E-state index contributed by atoms with van der Waals surface area (Å²) >= 11 is 1.75. The van der Waals surface area contributed by atoms with Crippen molar-refractivity contribution in [1.29, 1.82) is 0 Å². The van der Waals surface area contributed by atoms with Crippen molar-refractivity contribution in [3.05, 3.63) is 28.7 Å². The highest BCUT2D eigenvalue weighted by Gasteiger charge is 2.21. The number of carbonyl (C=O) groups is 1. The molecule has 0 aromatic carbocycles.